The molecule has 0 radical (unpaired) electrons. The van der Waals surface area contributed by atoms with Crippen LogP contribution in [0.25, 0.3) is 11.0 Å². The van der Waals surface area contributed by atoms with Gasteiger partial charge < -0.3 is 15.0 Å². The van der Waals surface area contributed by atoms with Crippen LogP contribution in [0.1, 0.15) is 27.0 Å². The summed E-state index contributed by atoms with van der Waals surface area (Å²) in [6.07, 6.45) is 3.51. The van der Waals surface area contributed by atoms with Gasteiger partial charge in [0.1, 0.15) is 16.9 Å². The molecule has 2 N–H and O–H groups in total. The number of carbonyl (C=O) groups excluding carboxylic acids is 1. The van der Waals surface area contributed by atoms with Crippen LogP contribution in [0.4, 0.5) is 4.39 Å². The van der Waals surface area contributed by atoms with E-state index < -0.39 is 32.6 Å². The Morgan fingerprint density at radius 1 is 1.06 bits per heavy atom. The molecule has 0 aliphatic heterocycles. The van der Waals surface area contributed by atoms with Gasteiger partial charge in [0.15, 0.2) is 15.6 Å². The van der Waals surface area contributed by atoms with E-state index in [1.165, 1.54) is 42.1 Å². The summed E-state index contributed by atoms with van der Waals surface area (Å²) in [7, 11) is -1.80. The first-order chi connectivity index (χ1) is 17.0. The van der Waals surface area contributed by atoms with Crippen molar-refractivity contribution in [1.82, 2.24) is 14.9 Å². The van der Waals surface area contributed by atoms with Crippen LogP contribution >= 0.6 is 0 Å². The number of rotatable bonds is 7. The minimum absolute atomic E-state index is 0.112. The molecular weight excluding hydrogens is 485 g/mol. The molecule has 36 heavy (non-hydrogen) atoms. The first kappa shape index (κ1) is 25.1. The van der Waals surface area contributed by atoms with Crippen LogP contribution in [-0.2, 0) is 29.7 Å². The smallest absolute Gasteiger partial charge is 0.267 e. The topological polar surface area (TPSA) is 118 Å². The van der Waals surface area contributed by atoms with E-state index in [-0.39, 0.29) is 22.8 Å². The lowest BCUT2D eigenvalue weighted by Gasteiger charge is -2.13. The van der Waals surface area contributed by atoms with Crippen molar-refractivity contribution in [2.45, 2.75) is 17.7 Å². The number of hydrogen-bond acceptors (Lipinski definition) is 6. The number of nitrogens with one attached hydrogen (secondary N) is 1. The highest BCUT2D eigenvalue weighted by molar-refractivity contribution is 7.90. The lowest BCUT2D eigenvalue weighted by molar-refractivity contribution is 0.0949. The summed E-state index contributed by atoms with van der Waals surface area (Å²) in [6, 6.07) is 14.0. The Balaban J connectivity index is 1.52. The third-order valence-corrected chi connectivity index (χ3v) is 6.99. The Bertz CT molecular complexity index is 1610. The van der Waals surface area contributed by atoms with E-state index in [1.54, 1.807) is 30.3 Å². The predicted octanol–water partition coefficient (Wildman–Crippen LogP) is 2.75. The van der Waals surface area contributed by atoms with E-state index >= 15 is 0 Å². The maximum Gasteiger partial charge on any atom is 0.267 e. The van der Waals surface area contributed by atoms with Crippen LogP contribution < -0.4 is 10.9 Å². The van der Waals surface area contributed by atoms with E-state index in [2.05, 4.69) is 10.3 Å². The molecule has 8 nitrogen and oxygen atoms in total. The minimum Gasteiger partial charge on any atom is -0.505 e. The van der Waals surface area contributed by atoms with E-state index in [9.17, 15) is 27.5 Å². The van der Waals surface area contributed by atoms with Crippen LogP contribution in [0, 0.1) is 5.82 Å². The maximum absolute atomic E-state index is 13.2. The van der Waals surface area contributed by atoms with Crippen molar-refractivity contribution in [2.24, 2.45) is 7.05 Å². The Kier molecular flexibility index (Phi) is 6.89. The van der Waals surface area contributed by atoms with Gasteiger partial charge in [-0.05, 0) is 59.9 Å². The van der Waals surface area contributed by atoms with Crippen LogP contribution in [0.2, 0.25) is 0 Å². The number of aromatic nitrogens is 2. The van der Waals surface area contributed by atoms with Gasteiger partial charge in [-0.15, -0.1) is 0 Å². The molecule has 186 valence electrons. The third kappa shape index (κ3) is 5.28. The molecule has 0 saturated heterocycles. The fourth-order valence-corrected chi connectivity index (χ4v) is 4.51. The zero-order valence-corrected chi connectivity index (χ0v) is 20.5. The largest absolute Gasteiger partial charge is 0.505 e. The van der Waals surface area contributed by atoms with Gasteiger partial charge in [0, 0.05) is 26.0 Å². The van der Waals surface area contributed by atoms with Crippen molar-refractivity contribution in [3.8, 4) is 5.75 Å². The molecule has 0 atom stereocenters. The van der Waals surface area contributed by atoms with Crippen LogP contribution in [0.15, 0.2) is 70.5 Å². The average Bonchev–Trinajstić information content (AvgIpc) is 2.84. The van der Waals surface area contributed by atoms with Crippen LogP contribution in [0.5, 0.6) is 5.75 Å². The number of carbonyl (C=O) groups is 1. The zero-order valence-electron chi connectivity index (χ0n) is 19.7. The van der Waals surface area contributed by atoms with Crippen molar-refractivity contribution < 1.29 is 22.7 Å². The van der Waals surface area contributed by atoms with Gasteiger partial charge in [-0.25, -0.2) is 12.8 Å². The quantitative estimate of drug-likeness (QED) is 0.396. The fourth-order valence-electron chi connectivity index (χ4n) is 3.88. The molecule has 10 heteroatoms. The number of aryl methyl sites for hydroxylation is 1. The number of aromatic hydroxyl groups is 1. The van der Waals surface area contributed by atoms with Gasteiger partial charge in [-0.1, -0.05) is 24.3 Å². The molecule has 4 aromatic rings. The van der Waals surface area contributed by atoms with E-state index in [0.717, 1.165) is 22.9 Å². The molecule has 0 bridgehead atoms. The summed E-state index contributed by atoms with van der Waals surface area (Å²) in [5.74, 6) is -1.57. The minimum atomic E-state index is -3.30. The number of hydrogen-bond donors (Lipinski definition) is 2. The summed E-state index contributed by atoms with van der Waals surface area (Å²) in [5, 5.41) is 13.3. The van der Waals surface area contributed by atoms with Gasteiger partial charge in [0.05, 0.1) is 10.4 Å². The molecule has 2 aromatic heterocycles. The highest BCUT2D eigenvalue weighted by Gasteiger charge is 2.22. The predicted molar refractivity (Wildman–Crippen MR) is 133 cm³/mol. The van der Waals surface area contributed by atoms with E-state index in [0.29, 0.717) is 18.4 Å². The normalized spacial score (nSPS) is 11.5. The lowest BCUT2D eigenvalue weighted by Crippen LogP contribution is -2.33. The second-order valence-electron chi connectivity index (χ2n) is 8.52. The summed E-state index contributed by atoms with van der Waals surface area (Å²) < 4.78 is 37.6. The number of amides is 1. The van der Waals surface area contributed by atoms with Gasteiger partial charge in [-0.3, -0.25) is 14.6 Å². The number of fused-ring (bicyclic) bond motifs is 1. The monoisotopic (exact) mass is 509 g/mol. The molecule has 0 spiro atoms. The summed E-state index contributed by atoms with van der Waals surface area (Å²) >= 11 is 0. The summed E-state index contributed by atoms with van der Waals surface area (Å²) in [6.45, 7) is 0.168. The second kappa shape index (κ2) is 9.90. The highest BCUT2D eigenvalue weighted by atomic mass is 32.2. The highest BCUT2D eigenvalue weighted by Crippen LogP contribution is 2.25. The third-order valence-electron chi connectivity index (χ3n) is 5.86. The average molecular weight is 510 g/mol. The SMILES string of the molecule is Cn1c(=O)c(C(=O)NCCc2ccc(S(C)(=O)=O)cc2)c(O)c2ncc(Cc3ccc(F)cc3)cc21. The molecule has 1 amide bonds. The standard InChI is InChI=1S/C26H24FN3O5S/c1-30-21-14-18(13-17-3-7-19(27)8-4-17)15-29-23(21)24(31)22(26(30)33)25(32)28-12-11-16-5-9-20(10-6-16)36(2,34)35/h3-10,14-15,31H,11-13H2,1-2H3,(H,28,32). The molecule has 2 aromatic carbocycles. The van der Waals surface area contributed by atoms with Gasteiger partial charge in [-0.2, -0.15) is 0 Å². The molecule has 2 heterocycles. The van der Waals surface area contributed by atoms with Gasteiger partial charge in [0.25, 0.3) is 11.5 Å². The lowest BCUT2D eigenvalue weighted by atomic mass is 10.1. The molecular formula is C26H24FN3O5S. The number of halogens is 1. The first-order valence-electron chi connectivity index (χ1n) is 11.1. The Hall–Kier alpha value is -4.05. The number of nitrogens with zero attached hydrogens (tertiary/aromatic N) is 2. The van der Waals surface area contributed by atoms with Crippen molar-refractivity contribution in [3.05, 3.63) is 99.2 Å². The Morgan fingerprint density at radius 3 is 2.33 bits per heavy atom. The van der Waals surface area contributed by atoms with Gasteiger partial charge in [0.2, 0.25) is 0 Å². The maximum atomic E-state index is 13.2. The van der Waals surface area contributed by atoms with E-state index in [4.69, 9.17) is 0 Å². The Morgan fingerprint density at radius 2 is 1.69 bits per heavy atom. The van der Waals surface area contributed by atoms with Crippen molar-refractivity contribution in [2.75, 3.05) is 12.8 Å². The fraction of sp³-hybridized carbons (Fsp3) is 0.192. The van der Waals surface area contributed by atoms with Crippen LogP contribution in [0.3, 0.4) is 0 Å². The molecule has 4 rings (SSSR count). The number of pyridine rings is 2. The van der Waals surface area contributed by atoms with Crippen molar-refractivity contribution in [1.29, 1.82) is 0 Å². The van der Waals surface area contributed by atoms with Crippen molar-refractivity contribution >= 4 is 26.8 Å². The second-order valence-corrected chi connectivity index (χ2v) is 10.5. The first-order valence-corrected chi connectivity index (χ1v) is 13.0. The molecule has 0 fully saturated rings. The molecule has 0 saturated carbocycles. The Labute approximate surface area is 207 Å². The van der Waals surface area contributed by atoms with E-state index in [1.807, 2.05) is 0 Å². The van der Waals surface area contributed by atoms with Crippen molar-refractivity contribution in [3.63, 3.8) is 0 Å². The number of sulfone groups is 1. The molecule has 0 unspecified atom stereocenters. The molecule has 0 aliphatic rings. The van der Waals surface area contributed by atoms with Crippen LogP contribution in [-0.4, -0.2) is 41.8 Å². The van der Waals surface area contributed by atoms with Gasteiger partial charge >= 0.3 is 0 Å². The zero-order chi connectivity index (χ0) is 26.0. The molecule has 0 aliphatic carbocycles. The number of benzene rings is 2. The summed E-state index contributed by atoms with van der Waals surface area (Å²) in [4.78, 5) is 30.2. The summed E-state index contributed by atoms with van der Waals surface area (Å²) in [5.41, 5.74) is 1.80.